The zero-order chi connectivity index (χ0) is 12.1. The monoisotopic (exact) mass is 240 g/mol. The van der Waals surface area contributed by atoms with E-state index in [0.29, 0.717) is 0 Å². The minimum absolute atomic E-state index is 0.0256. The summed E-state index contributed by atoms with van der Waals surface area (Å²) in [5.41, 5.74) is 0. The van der Waals surface area contributed by atoms with Gasteiger partial charge in [0.15, 0.2) is 0 Å². The molecule has 0 fully saturated rings. The first-order chi connectivity index (χ1) is 6.85. The minimum atomic E-state index is -4.71. The highest BCUT2D eigenvalue weighted by Crippen LogP contribution is 2.53. The van der Waals surface area contributed by atoms with Gasteiger partial charge < -0.3 is 19.3 Å². The standard InChI is InChI=1S/C8H17O6P/c1-4-8(14-6-3,15(10,11)12)7(9)13-5-2/h4-6H2,1-3H3,(H2,10,11,12). The lowest BCUT2D eigenvalue weighted by Crippen LogP contribution is -2.42. The molecule has 0 bridgehead atoms. The SMILES string of the molecule is CCOC(=O)C(CC)(OCC)P(=O)(O)O. The molecule has 15 heavy (non-hydrogen) atoms. The van der Waals surface area contributed by atoms with E-state index < -0.39 is 18.9 Å². The van der Waals surface area contributed by atoms with E-state index in [2.05, 4.69) is 4.74 Å². The van der Waals surface area contributed by atoms with Gasteiger partial charge in [0.05, 0.1) is 6.61 Å². The third-order valence-corrected chi connectivity index (χ3v) is 3.50. The molecule has 0 rings (SSSR count). The van der Waals surface area contributed by atoms with Crippen molar-refractivity contribution in [1.29, 1.82) is 0 Å². The fourth-order valence-electron chi connectivity index (χ4n) is 1.20. The van der Waals surface area contributed by atoms with E-state index in [1.54, 1.807) is 13.8 Å². The van der Waals surface area contributed by atoms with Crippen LogP contribution in [0.25, 0.3) is 0 Å². The fraction of sp³-hybridized carbons (Fsp3) is 0.875. The van der Waals surface area contributed by atoms with Gasteiger partial charge in [0.25, 0.3) is 5.34 Å². The molecule has 0 aromatic carbocycles. The van der Waals surface area contributed by atoms with Crippen LogP contribution in [0.2, 0.25) is 0 Å². The average molecular weight is 240 g/mol. The number of carbonyl (C=O) groups is 1. The van der Waals surface area contributed by atoms with Crippen LogP contribution in [0.15, 0.2) is 0 Å². The summed E-state index contributed by atoms with van der Waals surface area (Å²) in [4.78, 5) is 29.8. The van der Waals surface area contributed by atoms with Crippen molar-refractivity contribution in [3.05, 3.63) is 0 Å². The Bertz CT molecular complexity index is 260. The summed E-state index contributed by atoms with van der Waals surface area (Å²) in [5.74, 6) is -1.01. The fourth-order valence-corrected chi connectivity index (χ4v) is 2.21. The normalized spacial score (nSPS) is 15.8. The van der Waals surface area contributed by atoms with Crippen LogP contribution in [-0.4, -0.2) is 34.3 Å². The second-order valence-corrected chi connectivity index (χ2v) is 4.65. The quantitative estimate of drug-likeness (QED) is 0.528. The molecule has 1 unspecified atom stereocenters. The summed E-state index contributed by atoms with van der Waals surface area (Å²) in [6, 6.07) is 0. The maximum Gasteiger partial charge on any atom is 0.368 e. The van der Waals surface area contributed by atoms with Crippen LogP contribution in [0.3, 0.4) is 0 Å². The number of ether oxygens (including phenoxy) is 2. The van der Waals surface area contributed by atoms with Gasteiger partial charge in [0.2, 0.25) is 0 Å². The first-order valence-electron chi connectivity index (χ1n) is 4.72. The molecular formula is C8H17O6P. The van der Waals surface area contributed by atoms with E-state index in [9.17, 15) is 9.36 Å². The molecule has 0 radical (unpaired) electrons. The summed E-state index contributed by atoms with van der Waals surface area (Å²) < 4.78 is 20.8. The van der Waals surface area contributed by atoms with Crippen molar-refractivity contribution < 1.29 is 28.6 Å². The molecule has 0 heterocycles. The van der Waals surface area contributed by atoms with Crippen molar-refractivity contribution in [3.63, 3.8) is 0 Å². The van der Waals surface area contributed by atoms with Gasteiger partial charge in [-0.2, -0.15) is 0 Å². The smallest absolute Gasteiger partial charge is 0.368 e. The zero-order valence-electron chi connectivity index (χ0n) is 9.10. The number of hydrogen-bond acceptors (Lipinski definition) is 4. The minimum Gasteiger partial charge on any atom is -0.463 e. The van der Waals surface area contributed by atoms with E-state index in [1.165, 1.54) is 6.92 Å². The molecule has 0 aliphatic carbocycles. The van der Waals surface area contributed by atoms with E-state index >= 15 is 0 Å². The third-order valence-electron chi connectivity index (χ3n) is 1.93. The highest BCUT2D eigenvalue weighted by molar-refractivity contribution is 7.54. The highest BCUT2D eigenvalue weighted by Gasteiger charge is 2.54. The van der Waals surface area contributed by atoms with Gasteiger partial charge in [0, 0.05) is 6.61 Å². The molecule has 0 saturated carbocycles. The van der Waals surface area contributed by atoms with Crippen molar-refractivity contribution >= 4 is 13.6 Å². The lowest BCUT2D eigenvalue weighted by Gasteiger charge is -2.30. The van der Waals surface area contributed by atoms with Crippen LogP contribution in [0.1, 0.15) is 27.2 Å². The number of carbonyl (C=O) groups excluding carboxylic acids is 1. The molecule has 0 aromatic rings. The molecule has 2 N–H and O–H groups in total. The molecule has 0 saturated heterocycles. The number of esters is 1. The Hall–Kier alpha value is -0.420. The molecule has 0 aliphatic heterocycles. The maximum atomic E-state index is 11.5. The van der Waals surface area contributed by atoms with Crippen LogP contribution in [0.4, 0.5) is 0 Å². The van der Waals surface area contributed by atoms with Crippen LogP contribution < -0.4 is 0 Å². The molecule has 0 aliphatic rings. The summed E-state index contributed by atoms with van der Waals surface area (Å²) in [7, 11) is -4.71. The zero-order valence-corrected chi connectivity index (χ0v) is 9.99. The summed E-state index contributed by atoms with van der Waals surface area (Å²) in [6.07, 6.45) is -0.135. The largest absolute Gasteiger partial charge is 0.463 e. The van der Waals surface area contributed by atoms with E-state index in [-0.39, 0.29) is 19.6 Å². The second kappa shape index (κ2) is 5.61. The average Bonchev–Trinajstić information content (AvgIpc) is 2.12. The Kier molecular flexibility index (Phi) is 5.45. The maximum absolute atomic E-state index is 11.5. The van der Waals surface area contributed by atoms with Gasteiger partial charge in [-0.25, -0.2) is 4.79 Å². The topological polar surface area (TPSA) is 93.1 Å². The lowest BCUT2D eigenvalue weighted by molar-refractivity contribution is -0.163. The Morgan fingerprint density at radius 1 is 1.27 bits per heavy atom. The Balaban J connectivity index is 5.15. The first kappa shape index (κ1) is 14.6. The molecule has 0 aromatic heterocycles. The second-order valence-electron chi connectivity index (χ2n) is 2.84. The Morgan fingerprint density at radius 3 is 2.07 bits per heavy atom. The molecule has 0 amide bonds. The molecule has 1 atom stereocenters. The Morgan fingerprint density at radius 2 is 1.80 bits per heavy atom. The van der Waals surface area contributed by atoms with E-state index in [0.717, 1.165) is 0 Å². The molecule has 6 nitrogen and oxygen atoms in total. The first-order valence-corrected chi connectivity index (χ1v) is 6.33. The van der Waals surface area contributed by atoms with Gasteiger partial charge in [-0.15, -0.1) is 0 Å². The van der Waals surface area contributed by atoms with Gasteiger partial charge in [0.1, 0.15) is 0 Å². The van der Waals surface area contributed by atoms with Crippen LogP contribution >= 0.6 is 7.60 Å². The van der Waals surface area contributed by atoms with Gasteiger partial charge in [-0.3, -0.25) is 4.57 Å². The van der Waals surface area contributed by atoms with Crippen molar-refractivity contribution in [1.82, 2.24) is 0 Å². The molecule has 0 spiro atoms. The number of hydrogen-bond donors (Lipinski definition) is 2. The number of rotatable bonds is 6. The summed E-state index contributed by atoms with van der Waals surface area (Å²) in [6.45, 7) is 4.65. The van der Waals surface area contributed by atoms with Crippen LogP contribution in [-0.2, 0) is 18.8 Å². The van der Waals surface area contributed by atoms with Crippen LogP contribution in [0.5, 0.6) is 0 Å². The molecular weight excluding hydrogens is 223 g/mol. The summed E-state index contributed by atoms with van der Waals surface area (Å²) >= 11 is 0. The molecule has 90 valence electrons. The van der Waals surface area contributed by atoms with Crippen LogP contribution in [0, 0.1) is 0 Å². The van der Waals surface area contributed by atoms with Crippen molar-refractivity contribution in [3.8, 4) is 0 Å². The molecule has 7 heteroatoms. The van der Waals surface area contributed by atoms with Gasteiger partial charge in [-0.05, 0) is 20.3 Å². The van der Waals surface area contributed by atoms with Gasteiger partial charge >= 0.3 is 13.6 Å². The Labute approximate surface area is 88.7 Å². The van der Waals surface area contributed by atoms with Gasteiger partial charge in [-0.1, -0.05) is 6.92 Å². The lowest BCUT2D eigenvalue weighted by atomic mass is 10.2. The van der Waals surface area contributed by atoms with E-state index in [1.807, 2.05) is 0 Å². The van der Waals surface area contributed by atoms with Crippen molar-refractivity contribution in [2.75, 3.05) is 13.2 Å². The van der Waals surface area contributed by atoms with E-state index in [4.69, 9.17) is 14.5 Å². The summed E-state index contributed by atoms with van der Waals surface area (Å²) in [5, 5.41) is -2.15. The predicted molar refractivity (Wildman–Crippen MR) is 53.3 cm³/mol. The third kappa shape index (κ3) is 3.01. The predicted octanol–water partition coefficient (Wildman–Crippen LogP) is 0.870. The van der Waals surface area contributed by atoms with Crippen molar-refractivity contribution in [2.45, 2.75) is 32.5 Å². The highest BCUT2D eigenvalue weighted by atomic mass is 31.2. The van der Waals surface area contributed by atoms with Crippen molar-refractivity contribution in [2.24, 2.45) is 0 Å².